The Morgan fingerprint density at radius 2 is 2.05 bits per heavy atom. The van der Waals surface area contributed by atoms with Crippen molar-refractivity contribution in [3.63, 3.8) is 0 Å². The molecule has 108 valence electrons. The highest BCUT2D eigenvalue weighted by molar-refractivity contribution is 7.91. The molecule has 0 aliphatic carbocycles. The lowest BCUT2D eigenvalue weighted by Crippen LogP contribution is -2.44. The number of benzene rings is 1. The van der Waals surface area contributed by atoms with Crippen molar-refractivity contribution in [3.05, 3.63) is 29.8 Å². The summed E-state index contributed by atoms with van der Waals surface area (Å²) in [6.45, 7) is 2.02. The molecule has 0 bridgehead atoms. The molecule has 1 aromatic carbocycles. The number of fused-ring (bicyclic) bond motifs is 1. The first-order chi connectivity index (χ1) is 9.48. The van der Waals surface area contributed by atoms with Gasteiger partial charge in [0.15, 0.2) is 9.84 Å². The predicted molar refractivity (Wildman–Crippen MR) is 78.5 cm³/mol. The summed E-state index contributed by atoms with van der Waals surface area (Å²) in [7, 11) is -3.05. The quantitative estimate of drug-likeness (QED) is 0.793. The number of hydrogen-bond donors (Lipinski definition) is 0. The third kappa shape index (κ3) is 2.35. The van der Waals surface area contributed by atoms with Crippen molar-refractivity contribution in [2.75, 3.05) is 16.4 Å². The Hall–Kier alpha value is -1.36. The predicted octanol–water partition coefficient (Wildman–Crippen LogP) is 1.79. The average Bonchev–Trinajstić information content (AvgIpc) is 2.72. The second-order valence-corrected chi connectivity index (χ2v) is 8.07. The molecule has 1 fully saturated rings. The van der Waals surface area contributed by atoms with E-state index in [1.54, 1.807) is 4.90 Å². The second-order valence-electron chi connectivity index (χ2n) is 5.84. The summed E-state index contributed by atoms with van der Waals surface area (Å²) in [6.07, 6.45) is 2.13. The zero-order valence-electron chi connectivity index (χ0n) is 11.6. The van der Waals surface area contributed by atoms with Gasteiger partial charge in [-0.05, 0) is 37.8 Å². The smallest absolute Gasteiger partial charge is 0.231 e. The summed E-state index contributed by atoms with van der Waals surface area (Å²) in [6, 6.07) is 8.01. The van der Waals surface area contributed by atoms with Gasteiger partial charge in [0.1, 0.15) is 0 Å². The van der Waals surface area contributed by atoms with Crippen molar-refractivity contribution in [2.24, 2.45) is 5.92 Å². The molecule has 0 spiro atoms. The zero-order valence-corrected chi connectivity index (χ0v) is 12.4. The highest BCUT2D eigenvalue weighted by Crippen LogP contribution is 2.34. The fraction of sp³-hybridized carbons (Fsp3) is 0.533. The molecule has 2 heterocycles. The normalized spacial score (nSPS) is 28.1. The minimum absolute atomic E-state index is 0.0111. The SMILES string of the molecule is CC1Cc2ccccc2N1C(=O)C1CCCS(=O)(=O)C1. The molecule has 3 rings (SSSR count). The lowest BCUT2D eigenvalue weighted by Gasteiger charge is -2.29. The summed E-state index contributed by atoms with van der Waals surface area (Å²) in [4.78, 5) is 14.5. The van der Waals surface area contributed by atoms with Crippen molar-refractivity contribution < 1.29 is 13.2 Å². The first-order valence-corrected chi connectivity index (χ1v) is 8.91. The Morgan fingerprint density at radius 1 is 1.30 bits per heavy atom. The van der Waals surface area contributed by atoms with E-state index in [9.17, 15) is 13.2 Å². The third-order valence-electron chi connectivity index (χ3n) is 4.26. The molecular formula is C15H19NO3S. The van der Waals surface area contributed by atoms with Crippen LogP contribution in [0.3, 0.4) is 0 Å². The summed E-state index contributed by atoms with van der Waals surface area (Å²) < 4.78 is 23.5. The van der Waals surface area contributed by atoms with Crippen molar-refractivity contribution >= 4 is 21.4 Å². The van der Waals surface area contributed by atoms with Gasteiger partial charge in [-0.1, -0.05) is 18.2 Å². The number of carbonyl (C=O) groups excluding carboxylic acids is 1. The minimum atomic E-state index is -3.05. The van der Waals surface area contributed by atoms with Crippen molar-refractivity contribution in [3.8, 4) is 0 Å². The van der Waals surface area contributed by atoms with E-state index in [0.29, 0.717) is 12.8 Å². The largest absolute Gasteiger partial charge is 0.309 e. The Balaban J connectivity index is 1.87. The van der Waals surface area contributed by atoms with Gasteiger partial charge in [-0.2, -0.15) is 0 Å². The number of rotatable bonds is 1. The molecule has 1 aromatic rings. The topological polar surface area (TPSA) is 54.5 Å². The third-order valence-corrected chi connectivity index (χ3v) is 6.08. The standard InChI is InChI=1S/C15H19NO3S/c1-11-9-12-5-2-3-7-14(12)16(11)15(17)13-6-4-8-20(18,19)10-13/h2-3,5,7,11,13H,4,6,8-10H2,1H3. The summed E-state index contributed by atoms with van der Waals surface area (Å²) in [5.41, 5.74) is 2.12. The van der Waals surface area contributed by atoms with E-state index < -0.39 is 9.84 Å². The highest BCUT2D eigenvalue weighted by Gasteiger charge is 2.37. The van der Waals surface area contributed by atoms with Gasteiger partial charge in [0.05, 0.1) is 17.4 Å². The Bertz CT molecular complexity index is 638. The fourth-order valence-corrected chi connectivity index (χ4v) is 5.01. The van der Waals surface area contributed by atoms with Crippen molar-refractivity contribution in [1.82, 2.24) is 0 Å². The summed E-state index contributed by atoms with van der Waals surface area (Å²) >= 11 is 0. The van der Waals surface area contributed by atoms with Gasteiger partial charge in [0, 0.05) is 11.7 Å². The molecule has 4 nitrogen and oxygen atoms in total. The summed E-state index contributed by atoms with van der Waals surface area (Å²) in [5, 5.41) is 0. The lowest BCUT2D eigenvalue weighted by molar-refractivity contribution is -0.122. The maximum absolute atomic E-state index is 12.7. The van der Waals surface area contributed by atoms with Gasteiger partial charge in [0.2, 0.25) is 5.91 Å². The first-order valence-electron chi connectivity index (χ1n) is 7.09. The molecule has 0 radical (unpaired) electrons. The van der Waals surface area contributed by atoms with E-state index in [0.717, 1.165) is 12.1 Å². The number of para-hydroxylation sites is 1. The van der Waals surface area contributed by atoms with Crippen LogP contribution in [0.5, 0.6) is 0 Å². The second kappa shape index (κ2) is 4.88. The number of hydrogen-bond acceptors (Lipinski definition) is 3. The van der Waals surface area contributed by atoms with E-state index in [-0.39, 0.29) is 29.4 Å². The van der Waals surface area contributed by atoms with Crippen LogP contribution >= 0.6 is 0 Å². The Labute approximate surface area is 119 Å². The van der Waals surface area contributed by atoms with Gasteiger partial charge < -0.3 is 4.90 Å². The van der Waals surface area contributed by atoms with E-state index >= 15 is 0 Å². The lowest BCUT2D eigenvalue weighted by atomic mass is 10.0. The Morgan fingerprint density at radius 3 is 2.80 bits per heavy atom. The molecule has 2 aliphatic heterocycles. The Kier molecular flexibility index (Phi) is 3.32. The molecule has 0 saturated carbocycles. The van der Waals surface area contributed by atoms with Crippen LogP contribution in [-0.2, 0) is 21.1 Å². The van der Waals surface area contributed by atoms with Crippen molar-refractivity contribution in [1.29, 1.82) is 0 Å². The maximum Gasteiger partial charge on any atom is 0.231 e. The molecular weight excluding hydrogens is 274 g/mol. The van der Waals surface area contributed by atoms with E-state index in [1.807, 2.05) is 31.2 Å². The van der Waals surface area contributed by atoms with Gasteiger partial charge >= 0.3 is 0 Å². The summed E-state index contributed by atoms with van der Waals surface area (Å²) in [5.74, 6) is -0.159. The number of nitrogens with zero attached hydrogens (tertiary/aromatic N) is 1. The number of amides is 1. The number of sulfone groups is 1. The van der Waals surface area contributed by atoms with Gasteiger partial charge in [-0.25, -0.2) is 8.42 Å². The van der Waals surface area contributed by atoms with Gasteiger partial charge in [-0.3, -0.25) is 4.79 Å². The first kappa shape index (κ1) is 13.6. The number of anilines is 1. The van der Waals surface area contributed by atoms with Crippen LogP contribution in [0.1, 0.15) is 25.3 Å². The fourth-order valence-electron chi connectivity index (χ4n) is 3.32. The zero-order chi connectivity index (χ0) is 14.3. The van der Waals surface area contributed by atoms with Crippen LogP contribution < -0.4 is 4.90 Å². The average molecular weight is 293 g/mol. The van der Waals surface area contributed by atoms with E-state index in [2.05, 4.69) is 0 Å². The molecule has 2 aliphatic rings. The van der Waals surface area contributed by atoms with Crippen LogP contribution in [0.4, 0.5) is 5.69 Å². The van der Waals surface area contributed by atoms with Crippen LogP contribution in [0.2, 0.25) is 0 Å². The van der Waals surface area contributed by atoms with E-state index in [4.69, 9.17) is 0 Å². The molecule has 1 saturated heterocycles. The minimum Gasteiger partial charge on any atom is -0.309 e. The number of carbonyl (C=O) groups is 1. The van der Waals surface area contributed by atoms with Crippen LogP contribution in [0.15, 0.2) is 24.3 Å². The van der Waals surface area contributed by atoms with Crippen molar-refractivity contribution in [2.45, 2.75) is 32.2 Å². The van der Waals surface area contributed by atoms with Gasteiger partial charge in [0.25, 0.3) is 0 Å². The molecule has 5 heteroatoms. The van der Waals surface area contributed by atoms with Crippen LogP contribution in [0, 0.1) is 5.92 Å². The molecule has 2 atom stereocenters. The van der Waals surface area contributed by atoms with Crippen LogP contribution in [-0.4, -0.2) is 31.9 Å². The van der Waals surface area contributed by atoms with Gasteiger partial charge in [-0.15, -0.1) is 0 Å². The monoisotopic (exact) mass is 293 g/mol. The molecule has 2 unspecified atom stereocenters. The molecule has 0 aromatic heterocycles. The molecule has 0 N–H and O–H groups in total. The molecule has 20 heavy (non-hydrogen) atoms. The van der Waals surface area contributed by atoms with E-state index in [1.165, 1.54) is 5.56 Å². The highest BCUT2D eigenvalue weighted by atomic mass is 32.2. The van der Waals surface area contributed by atoms with Crippen LogP contribution in [0.25, 0.3) is 0 Å². The maximum atomic E-state index is 12.7. The molecule has 1 amide bonds.